The third-order valence-corrected chi connectivity index (χ3v) is 0.936. The highest BCUT2D eigenvalue weighted by molar-refractivity contribution is 5.74. The summed E-state index contributed by atoms with van der Waals surface area (Å²) >= 11 is 0. The lowest BCUT2D eigenvalue weighted by atomic mass is 10.2. The van der Waals surface area contributed by atoms with E-state index in [-0.39, 0.29) is 49.6 Å². The zero-order chi connectivity index (χ0) is 5.82. The monoisotopic (exact) mass is 246 g/mol. The van der Waals surface area contributed by atoms with Crippen molar-refractivity contribution in [2.45, 2.75) is 0 Å². The molecule has 0 aliphatic heterocycles. The van der Waals surface area contributed by atoms with Gasteiger partial charge in [0.1, 0.15) is 6.29 Å². The molecule has 5 heteroatoms. The second-order valence-electron chi connectivity index (χ2n) is 1.53. The number of rotatable bonds is 1. The summed E-state index contributed by atoms with van der Waals surface area (Å²) in [5, 5.41) is 0. The Labute approximate surface area is 96.6 Å². The Kier molecular flexibility index (Phi) is 25.8. The molecule has 0 aliphatic carbocycles. The first kappa shape index (κ1) is 22.7. The van der Waals surface area contributed by atoms with Crippen LogP contribution in [-0.2, 0) is 0 Å². The molecule has 72 valence electrons. The maximum Gasteiger partial charge on any atom is 0.150 e. The van der Waals surface area contributed by atoms with Crippen molar-refractivity contribution in [3.63, 3.8) is 0 Å². The molecule has 0 amide bonds. The van der Waals surface area contributed by atoms with E-state index < -0.39 is 0 Å². The van der Waals surface area contributed by atoms with Gasteiger partial charge in [0.05, 0.1) is 0 Å². The zero-order valence-electron chi connectivity index (χ0n) is 5.88. The molecule has 0 aliphatic rings. The molecule has 0 saturated heterocycles. The van der Waals surface area contributed by atoms with Gasteiger partial charge in [-0.25, -0.2) is 0 Å². The van der Waals surface area contributed by atoms with Gasteiger partial charge in [0, 0.05) is 5.56 Å². The van der Waals surface area contributed by atoms with E-state index in [4.69, 9.17) is 0 Å². The standard InChI is InChI=1S/C7H6O.4ClH/c8-6-7-4-2-1-3-5-7;;;;/h1-6H;4*1H/p-4. The summed E-state index contributed by atoms with van der Waals surface area (Å²) in [4.78, 5) is 10.0. The number of halogens is 4. The normalized spacial score (nSPS) is 5.67. The number of benzene rings is 1. The minimum Gasteiger partial charge on any atom is -1.00 e. The largest absolute Gasteiger partial charge is 1.00 e. The van der Waals surface area contributed by atoms with Gasteiger partial charge in [-0.3, -0.25) is 4.79 Å². The average molecular weight is 248 g/mol. The Morgan fingerprint density at radius 1 is 0.833 bits per heavy atom. The average Bonchev–Trinajstić information content (AvgIpc) is 1.90. The molecule has 0 unspecified atom stereocenters. The van der Waals surface area contributed by atoms with Crippen LogP contribution >= 0.6 is 0 Å². The van der Waals surface area contributed by atoms with Crippen LogP contribution in [0.1, 0.15) is 10.4 Å². The molecule has 1 rings (SSSR count). The van der Waals surface area contributed by atoms with Crippen LogP contribution in [0.15, 0.2) is 30.3 Å². The van der Waals surface area contributed by atoms with Gasteiger partial charge in [0.15, 0.2) is 0 Å². The highest BCUT2D eigenvalue weighted by atomic mass is 35.5. The Morgan fingerprint density at radius 3 is 1.50 bits per heavy atom. The van der Waals surface area contributed by atoms with Crippen LogP contribution in [-0.4, -0.2) is 6.29 Å². The number of hydrogen-bond donors (Lipinski definition) is 0. The second-order valence-corrected chi connectivity index (χ2v) is 1.53. The minimum atomic E-state index is 0. The Bertz CT molecular complexity index is 178. The van der Waals surface area contributed by atoms with Crippen molar-refractivity contribution < 1.29 is 54.4 Å². The maximum atomic E-state index is 10.0. The van der Waals surface area contributed by atoms with Crippen molar-refractivity contribution in [3.8, 4) is 0 Å². The fourth-order valence-electron chi connectivity index (χ4n) is 0.532. The topological polar surface area (TPSA) is 17.1 Å². The maximum absolute atomic E-state index is 10.0. The molecule has 0 fully saturated rings. The van der Waals surface area contributed by atoms with Crippen molar-refractivity contribution in [2.75, 3.05) is 0 Å². The fraction of sp³-hybridized carbons (Fsp3) is 0. The van der Waals surface area contributed by atoms with Crippen LogP contribution < -0.4 is 49.6 Å². The summed E-state index contributed by atoms with van der Waals surface area (Å²) in [6.07, 6.45) is 0.833. The highest BCUT2D eigenvalue weighted by Crippen LogP contribution is 1.91. The van der Waals surface area contributed by atoms with Gasteiger partial charge in [0.25, 0.3) is 0 Å². The van der Waals surface area contributed by atoms with Crippen LogP contribution in [0.3, 0.4) is 0 Å². The lowest BCUT2D eigenvalue weighted by Gasteiger charge is -1.81. The first-order valence-corrected chi connectivity index (χ1v) is 2.44. The zero-order valence-corrected chi connectivity index (χ0v) is 8.91. The smallest absolute Gasteiger partial charge is 0.150 e. The SMILES string of the molecule is O=Cc1ccccc1.[Cl-].[Cl-].[Cl-].[Cl-]. The molecule has 1 aromatic rings. The molecular weight excluding hydrogens is 242 g/mol. The van der Waals surface area contributed by atoms with E-state index in [1.165, 1.54) is 0 Å². The number of carbonyl (C=O) groups is 1. The van der Waals surface area contributed by atoms with Gasteiger partial charge in [-0.05, 0) is 0 Å². The molecule has 1 aromatic carbocycles. The number of hydrogen-bond acceptors (Lipinski definition) is 1. The molecule has 0 heterocycles. The molecule has 0 saturated carbocycles. The Balaban J connectivity index is -0.0000000800. The van der Waals surface area contributed by atoms with E-state index in [2.05, 4.69) is 0 Å². The number of aldehydes is 1. The summed E-state index contributed by atoms with van der Waals surface area (Å²) in [5.74, 6) is 0. The molecule has 0 aromatic heterocycles. The molecule has 12 heavy (non-hydrogen) atoms. The third-order valence-electron chi connectivity index (χ3n) is 0.936. The predicted octanol–water partition coefficient (Wildman–Crippen LogP) is -10.5. The van der Waals surface area contributed by atoms with Gasteiger partial charge in [0.2, 0.25) is 0 Å². The van der Waals surface area contributed by atoms with Crippen molar-refractivity contribution in [3.05, 3.63) is 35.9 Å². The highest BCUT2D eigenvalue weighted by Gasteiger charge is 1.79. The molecule has 0 atom stereocenters. The van der Waals surface area contributed by atoms with Crippen LogP contribution in [0.25, 0.3) is 0 Å². The quantitative estimate of drug-likeness (QED) is 0.451. The summed E-state index contributed by atoms with van der Waals surface area (Å²) in [7, 11) is 0. The minimum absolute atomic E-state index is 0. The van der Waals surface area contributed by atoms with Gasteiger partial charge in [-0.15, -0.1) is 0 Å². The second kappa shape index (κ2) is 13.6. The lowest BCUT2D eigenvalue weighted by Crippen LogP contribution is -3.00. The van der Waals surface area contributed by atoms with E-state index in [9.17, 15) is 4.79 Å². The van der Waals surface area contributed by atoms with Crippen molar-refractivity contribution in [2.24, 2.45) is 0 Å². The van der Waals surface area contributed by atoms with Crippen LogP contribution in [0, 0.1) is 0 Å². The third kappa shape index (κ3) is 8.15. The van der Waals surface area contributed by atoms with Crippen LogP contribution in [0.4, 0.5) is 0 Å². The van der Waals surface area contributed by atoms with Crippen LogP contribution in [0.5, 0.6) is 0 Å². The predicted molar refractivity (Wildman–Crippen MR) is 31.8 cm³/mol. The molecule has 0 N–H and O–H groups in total. The van der Waals surface area contributed by atoms with Crippen molar-refractivity contribution in [1.29, 1.82) is 0 Å². The fourth-order valence-corrected chi connectivity index (χ4v) is 0.532. The van der Waals surface area contributed by atoms with E-state index in [0.717, 1.165) is 11.8 Å². The first-order chi connectivity index (χ1) is 3.93. The molecular formula is C7H6Cl4O-4. The Morgan fingerprint density at radius 2 is 1.25 bits per heavy atom. The molecule has 0 spiro atoms. The summed E-state index contributed by atoms with van der Waals surface area (Å²) < 4.78 is 0. The van der Waals surface area contributed by atoms with E-state index in [1.54, 1.807) is 12.1 Å². The Hall–Kier alpha value is 0.0500. The summed E-state index contributed by atoms with van der Waals surface area (Å²) in [5.41, 5.74) is 0.729. The van der Waals surface area contributed by atoms with E-state index in [1.807, 2.05) is 18.2 Å². The van der Waals surface area contributed by atoms with E-state index in [0.29, 0.717) is 0 Å². The summed E-state index contributed by atoms with van der Waals surface area (Å²) in [6.45, 7) is 0. The lowest BCUT2D eigenvalue weighted by molar-refractivity contribution is -0.00100. The van der Waals surface area contributed by atoms with E-state index >= 15 is 0 Å². The van der Waals surface area contributed by atoms with Crippen molar-refractivity contribution >= 4 is 6.29 Å². The molecule has 0 bridgehead atoms. The van der Waals surface area contributed by atoms with Gasteiger partial charge in [-0.2, -0.15) is 0 Å². The first-order valence-electron chi connectivity index (χ1n) is 2.44. The molecule has 0 radical (unpaired) electrons. The van der Waals surface area contributed by atoms with Crippen LogP contribution in [0.2, 0.25) is 0 Å². The molecule has 1 nitrogen and oxygen atoms in total. The number of carbonyl (C=O) groups excluding carboxylic acids is 1. The van der Waals surface area contributed by atoms with Gasteiger partial charge >= 0.3 is 0 Å². The van der Waals surface area contributed by atoms with Crippen molar-refractivity contribution in [1.82, 2.24) is 0 Å². The van der Waals surface area contributed by atoms with Gasteiger partial charge in [-0.1, -0.05) is 30.3 Å². The van der Waals surface area contributed by atoms with Gasteiger partial charge < -0.3 is 49.6 Å². The summed E-state index contributed by atoms with van der Waals surface area (Å²) in [6, 6.07) is 9.10.